The van der Waals surface area contributed by atoms with Crippen LogP contribution in [0.5, 0.6) is 5.75 Å². The molecule has 0 bridgehead atoms. The van der Waals surface area contributed by atoms with E-state index in [0.29, 0.717) is 13.1 Å². The van der Waals surface area contributed by atoms with Gasteiger partial charge in [-0.25, -0.2) is 4.99 Å². The molecule has 1 N–H and O–H groups in total. The van der Waals surface area contributed by atoms with Crippen LogP contribution in [0.25, 0.3) is 0 Å². The maximum absolute atomic E-state index is 12.2. The van der Waals surface area contributed by atoms with E-state index >= 15 is 0 Å². The van der Waals surface area contributed by atoms with Gasteiger partial charge in [0.2, 0.25) is 0 Å². The first-order valence-corrected chi connectivity index (χ1v) is 9.17. The minimum absolute atomic E-state index is 0.000669. The van der Waals surface area contributed by atoms with E-state index in [4.69, 9.17) is 4.74 Å². The maximum Gasteiger partial charge on any atom is 0.265 e. The van der Waals surface area contributed by atoms with Gasteiger partial charge in [-0.15, -0.1) is 0 Å². The van der Waals surface area contributed by atoms with E-state index < -0.39 is 0 Å². The topological polar surface area (TPSA) is 57.2 Å². The molecule has 6 heteroatoms. The second-order valence-electron chi connectivity index (χ2n) is 6.60. The Kier molecular flexibility index (Phi) is 6.30. The first-order chi connectivity index (χ1) is 13.1. The van der Waals surface area contributed by atoms with Crippen molar-refractivity contribution in [3.05, 3.63) is 60.2 Å². The predicted molar refractivity (Wildman–Crippen MR) is 108 cm³/mol. The number of guanidine groups is 1. The van der Waals surface area contributed by atoms with Gasteiger partial charge in [0.1, 0.15) is 5.75 Å². The van der Waals surface area contributed by atoms with Crippen molar-refractivity contribution in [1.82, 2.24) is 10.2 Å². The van der Waals surface area contributed by atoms with Gasteiger partial charge in [-0.3, -0.25) is 4.79 Å². The number of anilines is 1. The lowest BCUT2D eigenvalue weighted by molar-refractivity contribution is -0.121. The van der Waals surface area contributed by atoms with Crippen LogP contribution in [0, 0.1) is 0 Å². The standard InChI is InChI=1S/C21H26N4O2/c1-24(2)21(23-15-17-9-4-3-5-10-17)22-13-8-14-25-18-11-6-7-12-19(18)27-16-20(25)26/h3-7,9-12H,8,13-16H2,1-2H3,(H,22,23). The number of carbonyl (C=O) groups is 1. The molecule has 0 radical (unpaired) electrons. The van der Waals surface area contributed by atoms with Crippen LogP contribution in [0.2, 0.25) is 0 Å². The van der Waals surface area contributed by atoms with Crippen LogP contribution in [0.15, 0.2) is 59.6 Å². The highest BCUT2D eigenvalue weighted by molar-refractivity contribution is 5.97. The van der Waals surface area contributed by atoms with Gasteiger partial charge >= 0.3 is 0 Å². The molecule has 6 nitrogen and oxygen atoms in total. The van der Waals surface area contributed by atoms with Gasteiger partial charge in [0.15, 0.2) is 12.6 Å². The third-order valence-electron chi connectivity index (χ3n) is 4.33. The van der Waals surface area contributed by atoms with Crippen molar-refractivity contribution in [3.63, 3.8) is 0 Å². The summed E-state index contributed by atoms with van der Waals surface area (Å²) >= 11 is 0. The number of aliphatic imine (C=N–C) groups is 1. The molecule has 0 spiro atoms. The molecule has 0 fully saturated rings. The molecule has 142 valence electrons. The molecule has 0 saturated heterocycles. The average Bonchev–Trinajstić information content (AvgIpc) is 2.69. The normalized spacial score (nSPS) is 13.8. The summed E-state index contributed by atoms with van der Waals surface area (Å²) < 4.78 is 5.48. The Labute approximate surface area is 160 Å². The van der Waals surface area contributed by atoms with Gasteiger partial charge in [-0.05, 0) is 24.1 Å². The Balaban J connectivity index is 1.53. The number of fused-ring (bicyclic) bond motifs is 1. The van der Waals surface area contributed by atoms with E-state index in [1.807, 2.05) is 61.5 Å². The monoisotopic (exact) mass is 366 g/mol. The van der Waals surface area contributed by atoms with E-state index in [-0.39, 0.29) is 12.5 Å². The Morgan fingerprint density at radius 3 is 2.67 bits per heavy atom. The number of rotatable bonds is 6. The molecule has 3 rings (SSSR count). The van der Waals surface area contributed by atoms with Gasteiger partial charge in [-0.1, -0.05) is 42.5 Å². The summed E-state index contributed by atoms with van der Waals surface area (Å²) in [6.45, 7) is 2.12. The summed E-state index contributed by atoms with van der Waals surface area (Å²) in [5.41, 5.74) is 2.02. The molecule has 1 amide bonds. The second-order valence-corrected chi connectivity index (χ2v) is 6.60. The Bertz CT molecular complexity index is 790. The number of amides is 1. The summed E-state index contributed by atoms with van der Waals surface area (Å²) in [5, 5.41) is 3.37. The lowest BCUT2D eigenvalue weighted by Gasteiger charge is -2.29. The van der Waals surface area contributed by atoms with Gasteiger partial charge < -0.3 is 19.9 Å². The maximum atomic E-state index is 12.2. The molecule has 0 atom stereocenters. The molecule has 1 aliphatic rings. The highest BCUT2D eigenvalue weighted by atomic mass is 16.5. The van der Waals surface area contributed by atoms with E-state index in [2.05, 4.69) is 22.4 Å². The Morgan fingerprint density at radius 2 is 1.89 bits per heavy atom. The molecular formula is C21H26N4O2. The van der Waals surface area contributed by atoms with Gasteiger partial charge in [0.25, 0.3) is 5.91 Å². The largest absolute Gasteiger partial charge is 0.482 e. The van der Waals surface area contributed by atoms with Crippen molar-refractivity contribution in [2.45, 2.75) is 13.0 Å². The molecular weight excluding hydrogens is 340 g/mol. The molecule has 1 heterocycles. The number of nitrogens with one attached hydrogen (secondary N) is 1. The van der Waals surface area contributed by atoms with E-state index in [1.165, 1.54) is 5.56 Å². The highest BCUT2D eigenvalue weighted by Gasteiger charge is 2.24. The van der Waals surface area contributed by atoms with E-state index in [1.54, 1.807) is 4.90 Å². The van der Waals surface area contributed by atoms with Crippen molar-refractivity contribution >= 4 is 17.6 Å². The summed E-state index contributed by atoms with van der Waals surface area (Å²) in [6.07, 6.45) is 0.818. The third-order valence-corrected chi connectivity index (χ3v) is 4.33. The van der Waals surface area contributed by atoms with Crippen molar-refractivity contribution in [2.75, 3.05) is 38.7 Å². The molecule has 0 aliphatic carbocycles. The highest BCUT2D eigenvalue weighted by Crippen LogP contribution is 2.31. The fourth-order valence-corrected chi connectivity index (χ4v) is 2.94. The van der Waals surface area contributed by atoms with Crippen LogP contribution >= 0.6 is 0 Å². The number of benzene rings is 2. The summed E-state index contributed by atoms with van der Waals surface area (Å²) in [4.78, 5) is 20.6. The van der Waals surface area contributed by atoms with Crippen molar-refractivity contribution in [2.24, 2.45) is 4.99 Å². The summed E-state index contributed by atoms with van der Waals surface area (Å²) in [7, 11) is 3.94. The summed E-state index contributed by atoms with van der Waals surface area (Å²) in [6, 6.07) is 17.8. The summed E-state index contributed by atoms with van der Waals surface area (Å²) in [5.74, 6) is 1.61. The minimum atomic E-state index is -0.000669. The number of ether oxygens (including phenoxy) is 1. The second kappa shape index (κ2) is 9.07. The van der Waals surface area contributed by atoms with Gasteiger partial charge in [0, 0.05) is 27.2 Å². The zero-order valence-electron chi connectivity index (χ0n) is 15.9. The van der Waals surface area contributed by atoms with E-state index in [0.717, 1.165) is 30.4 Å². The fourth-order valence-electron chi connectivity index (χ4n) is 2.94. The number of carbonyl (C=O) groups excluding carboxylic acids is 1. The molecule has 1 aliphatic heterocycles. The zero-order valence-corrected chi connectivity index (χ0v) is 15.9. The molecule has 0 saturated carbocycles. The molecule has 2 aromatic rings. The first kappa shape index (κ1) is 18.8. The Morgan fingerprint density at radius 1 is 1.15 bits per heavy atom. The van der Waals surface area contributed by atoms with Gasteiger partial charge in [0.05, 0.1) is 12.2 Å². The van der Waals surface area contributed by atoms with Gasteiger partial charge in [-0.2, -0.15) is 0 Å². The number of nitrogens with zero attached hydrogens (tertiary/aromatic N) is 3. The number of hydrogen-bond donors (Lipinski definition) is 1. The molecule has 2 aromatic carbocycles. The molecule has 27 heavy (non-hydrogen) atoms. The fraction of sp³-hybridized carbons (Fsp3) is 0.333. The third kappa shape index (κ3) is 5.00. The van der Waals surface area contributed by atoms with Crippen molar-refractivity contribution < 1.29 is 9.53 Å². The lowest BCUT2D eigenvalue weighted by Crippen LogP contribution is -2.41. The predicted octanol–water partition coefficient (Wildman–Crippen LogP) is 2.51. The number of para-hydroxylation sites is 2. The average molecular weight is 366 g/mol. The van der Waals surface area contributed by atoms with Crippen LogP contribution in [-0.2, 0) is 11.3 Å². The lowest BCUT2D eigenvalue weighted by atomic mass is 10.2. The van der Waals surface area contributed by atoms with Crippen LogP contribution in [0.3, 0.4) is 0 Å². The quantitative estimate of drug-likeness (QED) is 0.485. The molecule has 0 unspecified atom stereocenters. The Hall–Kier alpha value is -3.02. The van der Waals surface area contributed by atoms with Crippen LogP contribution in [-0.4, -0.2) is 50.6 Å². The SMILES string of the molecule is CN(C)C(=NCc1ccccc1)NCCCN1C(=O)COc2ccccc21. The van der Waals surface area contributed by atoms with Crippen LogP contribution in [0.1, 0.15) is 12.0 Å². The minimum Gasteiger partial charge on any atom is -0.482 e. The number of hydrogen-bond acceptors (Lipinski definition) is 3. The van der Waals surface area contributed by atoms with E-state index in [9.17, 15) is 4.79 Å². The van der Waals surface area contributed by atoms with Crippen LogP contribution < -0.4 is 15.0 Å². The zero-order chi connectivity index (χ0) is 19.1. The first-order valence-electron chi connectivity index (χ1n) is 9.17. The molecule has 0 aromatic heterocycles. The van der Waals surface area contributed by atoms with Crippen LogP contribution in [0.4, 0.5) is 5.69 Å². The van der Waals surface area contributed by atoms with Crippen molar-refractivity contribution in [3.8, 4) is 5.75 Å². The van der Waals surface area contributed by atoms with Crippen molar-refractivity contribution in [1.29, 1.82) is 0 Å². The smallest absolute Gasteiger partial charge is 0.265 e.